The quantitative estimate of drug-likeness (QED) is 0.578. The van der Waals surface area contributed by atoms with Gasteiger partial charge in [0.15, 0.2) is 5.96 Å². The molecule has 1 saturated heterocycles. The summed E-state index contributed by atoms with van der Waals surface area (Å²) in [5.41, 5.74) is 1.05. The third-order valence-corrected chi connectivity index (χ3v) is 4.88. The molecule has 0 saturated carbocycles. The van der Waals surface area contributed by atoms with E-state index in [0.717, 1.165) is 60.4 Å². The Morgan fingerprint density at radius 2 is 1.96 bits per heavy atom. The van der Waals surface area contributed by atoms with E-state index in [4.69, 9.17) is 9.73 Å². The van der Waals surface area contributed by atoms with E-state index in [1.807, 2.05) is 18.2 Å². The van der Waals surface area contributed by atoms with Crippen LogP contribution in [-0.2, 0) is 6.54 Å². The summed E-state index contributed by atoms with van der Waals surface area (Å²) in [6.45, 7) is 6.97. The van der Waals surface area contributed by atoms with Gasteiger partial charge in [0.25, 0.3) is 0 Å². The molecule has 3 rings (SSSR count). The summed E-state index contributed by atoms with van der Waals surface area (Å²) in [4.78, 5) is 18.0. The second kappa shape index (κ2) is 9.55. The lowest BCUT2D eigenvalue weighted by Gasteiger charge is -2.36. The predicted octanol–water partition coefficient (Wildman–Crippen LogP) is 2.54. The highest BCUT2D eigenvalue weighted by Gasteiger charge is 2.21. The summed E-state index contributed by atoms with van der Waals surface area (Å²) >= 11 is 3.52. The largest absolute Gasteiger partial charge is 0.496 e. The number of aliphatic imine (C=N–C) groups is 1. The lowest BCUT2D eigenvalue weighted by molar-refractivity contribution is 0.369. The summed E-state index contributed by atoms with van der Waals surface area (Å²) in [7, 11) is 1.69. The van der Waals surface area contributed by atoms with Crippen LogP contribution in [-0.4, -0.2) is 60.7 Å². The van der Waals surface area contributed by atoms with E-state index >= 15 is 0 Å². The maximum atomic E-state index is 5.46. The number of hydrogen-bond donors (Lipinski definition) is 1. The fourth-order valence-electron chi connectivity index (χ4n) is 3.03. The first-order chi connectivity index (χ1) is 13.2. The number of aromatic nitrogens is 2. The van der Waals surface area contributed by atoms with Crippen LogP contribution in [0, 0.1) is 0 Å². The molecule has 27 heavy (non-hydrogen) atoms. The van der Waals surface area contributed by atoms with Crippen molar-refractivity contribution in [3.63, 3.8) is 0 Å². The Balaban J connectivity index is 1.67. The zero-order chi connectivity index (χ0) is 19.1. The van der Waals surface area contributed by atoms with Crippen molar-refractivity contribution >= 4 is 27.8 Å². The maximum Gasteiger partial charge on any atom is 0.225 e. The molecular weight excluding hydrogens is 408 g/mol. The number of methoxy groups -OCH3 is 1. The Morgan fingerprint density at radius 1 is 1.22 bits per heavy atom. The van der Waals surface area contributed by atoms with Gasteiger partial charge in [-0.2, -0.15) is 0 Å². The van der Waals surface area contributed by atoms with Crippen LogP contribution in [0.3, 0.4) is 0 Å². The number of ether oxygens (including phenoxy) is 1. The molecule has 0 radical (unpaired) electrons. The summed E-state index contributed by atoms with van der Waals surface area (Å²) in [6, 6.07) is 7.82. The lowest BCUT2D eigenvalue weighted by atomic mass is 10.2. The number of piperazine rings is 1. The van der Waals surface area contributed by atoms with E-state index < -0.39 is 0 Å². The standard InChI is InChI=1S/C19H25BrN6O/c1-3-21-18(24-14-15-13-16(20)5-6-17(15)27-2)25-9-11-26(12-10-25)19-22-7-4-8-23-19/h4-8,13H,3,9-12,14H2,1-2H3,(H,21,24). The van der Waals surface area contributed by atoms with Crippen LogP contribution in [0.5, 0.6) is 5.75 Å². The monoisotopic (exact) mass is 432 g/mol. The summed E-state index contributed by atoms with van der Waals surface area (Å²) in [5, 5.41) is 3.40. The zero-order valence-corrected chi connectivity index (χ0v) is 17.3. The Hall–Kier alpha value is -2.35. The highest BCUT2D eigenvalue weighted by molar-refractivity contribution is 9.10. The van der Waals surface area contributed by atoms with Crippen molar-refractivity contribution in [1.29, 1.82) is 0 Å². The molecule has 0 atom stereocenters. The van der Waals surface area contributed by atoms with Gasteiger partial charge in [-0.3, -0.25) is 0 Å². The van der Waals surface area contributed by atoms with Crippen molar-refractivity contribution in [3.05, 3.63) is 46.7 Å². The number of anilines is 1. The van der Waals surface area contributed by atoms with Gasteiger partial charge in [0, 0.05) is 55.2 Å². The Kier molecular flexibility index (Phi) is 6.86. The summed E-state index contributed by atoms with van der Waals surface area (Å²) in [6.07, 6.45) is 3.57. The second-order valence-electron chi connectivity index (χ2n) is 6.15. The average molecular weight is 433 g/mol. The van der Waals surface area contributed by atoms with Crippen LogP contribution >= 0.6 is 15.9 Å². The molecule has 1 aromatic heterocycles. The molecule has 1 N–H and O–H groups in total. The third-order valence-electron chi connectivity index (χ3n) is 4.39. The first kappa shape index (κ1) is 19.4. The first-order valence-corrected chi connectivity index (χ1v) is 9.88. The van der Waals surface area contributed by atoms with Crippen molar-refractivity contribution in [3.8, 4) is 5.75 Å². The second-order valence-corrected chi connectivity index (χ2v) is 7.06. The first-order valence-electron chi connectivity index (χ1n) is 9.09. The molecule has 0 amide bonds. The number of nitrogens with zero attached hydrogens (tertiary/aromatic N) is 5. The lowest BCUT2D eigenvalue weighted by Crippen LogP contribution is -2.52. The van der Waals surface area contributed by atoms with E-state index in [0.29, 0.717) is 6.54 Å². The minimum Gasteiger partial charge on any atom is -0.496 e. The topological polar surface area (TPSA) is 65.9 Å². The van der Waals surface area contributed by atoms with E-state index in [2.05, 4.69) is 54.0 Å². The van der Waals surface area contributed by atoms with Crippen LogP contribution in [0.25, 0.3) is 0 Å². The summed E-state index contributed by atoms with van der Waals surface area (Å²) in [5.74, 6) is 2.56. The van der Waals surface area contributed by atoms with Crippen molar-refractivity contribution in [1.82, 2.24) is 20.2 Å². The molecule has 0 bridgehead atoms. The van der Waals surface area contributed by atoms with Crippen molar-refractivity contribution in [2.45, 2.75) is 13.5 Å². The van der Waals surface area contributed by atoms with Crippen LogP contribution in [0.2, 0.25) is 0 Å². The van der Waals surface area contributed by atoms with Gasteiger partial charge in [-0.15, -0.1) is 0 Å². The normalized spacial score (nSPS) is 15.0. The molecule has 144 valence electrons. The van der Waals surface area contributed by atoms with E-state index in [-0.39, 0.29) is 0 Å². The molecule has 2 heterocycles. The van der Waals surface area contributed by atoms with Gasteiger partial charge in [-0.1, -0.05) is 15.9 Å². The fourth-order valence-corrected chi connectivity index (χ4v) is 3.44. The number of benzene rings is 1. The molecule has 1 aliphatic heterocycles. The molecule has 1 aliphatic rings. The van der Waals surface area contributed by atoms with E-state index in [1.54, 1.807) is 19.5 Å². The molecule has 2 aromatic rings. The molecule has 1 aromatic carbocycles. The van der Waals surface area contributed by atoms with Gasteiger partial charge in [0.2, 0.25) is 5.95 Å². The van der Waals surface area contributed by atoms with Crippen LogP contribution in [0.4, 0.5) is 5.95 Å². The van der Waals surface area contributed by atoms with Crippen LogP contribution < -0.4 is 15.0 Å². The van der Waals surface area contributed by atoms with Crippen molar-refractivity contribution < 1.29 is 4.74 Å². The molecule has 0 unspecified atom stereocenters. The average Bonchev–Trinajstić information content (AvgIpc) is 2.72. The Bertz CT molecular complexity index is 762. The minimum atomic E-state index is 0.562. The van der Waals surface area contributed by atoms with Gasteiger partial charge >= 0.3 is 0 Å². The van der Waals surface area contributed by atoms with Gasteiger partial charge in [0.05, 0.1) is 13.7 Å². The number of hydrogen-bond acceptors (Lipinski definition) is 5. The van der Waals surface area contributed by atoms with Crippen molar-refractivity contribution in [2.24, 2.45) is 4.99 Å². The van der Waals surface area contributed by atoms with E-state index in [9.17, 15) is 0 Å². The molecule has 1 fully saturated rings. The maximum absolute atomic E-state index is 5.46. The van der Waals surface area contributed by atoms with Crippen LogP contribution in [0.15, 0.2) is 46.1 Å². The predicted molar refractivity (Wildman–Crippen MR) is 111 cm³/mol. The SMILES string of the molecule is CCNC(=NCc1cc(Br)ccc1OC)N1CCN(c2ncccn2)CC1. The fraction of sp³-hybridized carbons (Fsp3) is 0.421. The van der Waals surface area contributed by atoms with Gasteiger partial charge < -0.3 is 19.9 Å². The summed E-state index contributed by atoms with van der Waals surface area (Å²) < 4.78 is 6.48. The molecular formula is C19H25BrN6O. The number of rotatable bonds is 5. The smallest absolute Gasteiger partial charge is 0.225 e. The third kappa shape index (κ3) is 5.09. The number of halogens is 1. The molecule has 0 aliphatic carbocycles. The zero-order valence-electron chi connectivity index (χ0n) is 15.7. The van der Waals surface area contributed by atoms with Crippen LogP contribution in [0.1, 0.15) is 12.5 Å². The molecule has 0 spiro atoms. The van der Waals surface area contributed by atoms with Gasteiger partial charge in [0.1, 0.15) is 5.75 Å². The molecule has 8 heteroatoms. The Morgan fingerprint density at radius 3 is 2.63 bits per heavy atom. The van der Waals surface area contributed by atoms with Crippen molar-refractivity contribution in [2.75, 3.05) is 44.7 Å². The van der Waals surface area contributed by atoms with Gasteiger partial charge in [-0.05, 0) is 31.2 Å². The number of guanidine groups is 1. The highest BCUT2D eigenvalue weighted by Crippen LogP contribution is 2.23. The Labute approximate surface area is 168 Å². The number of nitrogens with one attached hydrogen (secondary N) is 1. The van der Waals surface area contributed by atoms with E-state index in [1.165, 1.54) is 0 Å². The minimum absolute atomic E-state index is 0.562. The highest BCUT2D eigenvalue weighted by atomic mass is 79.9. The molecule has 7 nitrogen and oxygen atoms in total. The van der Waals surface area contributed by atoms with Gasteiger partial charge in [-0.25, -0.2) is 15.0 Å².